The molecule has 1 atom stereocenters. The Hall–Kier alpha value is -2.84. The van der Waals surface area contributed by atoms with Crippen molar-refractivity contribution in [3.05, 3.63) is 65.3 Å². The first-order valence-electron chi connectivity index (χ1n) is 8.22. The lowest BCUT2D eigenvalue weighted by molar-refractivity contribution is 0.102. The first kappa shape index (κ1) is 18.0. The summed E-state index contributed by atoms with van der Waals surface area (Å²) in [5, 5.41) is 23.1. The van der Waals surface area contributed by atoms with E-state index < -0.39 is 0 Å². The van der Waals surface area contributed by atoms with Gasteiger partial charge < -0.3 is 10.4 Å². The number of hydrogen-bond acceptors (Lipinski definition) is 7. The van der Waals surface area contributed by atoms with E-state index in [9.17, 15) is 4.79 Å². The van der Waals surface area contributed by atoms with Gasteiger partial charge in [-0.25, -0.2) is 4.98 Å². The first-order chi connectivity index (χ1) is 12.8. The number of amides is 1. The Morgan fingerprint density at radius 2 is 2.04 bits per heavy atom. The fraction of sp³-hybridized carbons (Fsp3) is 0.222. The predicted molar refractivity (Wildman–Crippen MR) is 101 cm³/mol. The lowest BCUT2D eigenvalue weighted by Crippen LogP contribution is -2.14. The second kappa shape index (κ2) is 9.02. The normalized spacial score (nSPS) is 11.7. The largest absolute Gasteiger partial charge is 0.396 e. The molecule has 1 aromatic carbocycles. The molecule has 0 aliphatic heterocycles. The predicted octanol–water partition coefficient (Wildman–Crippen LogP) is 3.11. The van der Waals surface area contributed by atoms with E-state index in [1.165, 1.54) is 17.5 Å². The van der Waals surface area contributed by atoms with Crippen LogP contribution in [0.15, 0.2) is 54.2 Å². The highest BCUT2D eigenvalue weighted by atomic mass is 32.1. The summed E-state index contributed by atoms with van der Waals surface area (Å²) in [5.74, 6) is 0.393. The molecule has 8 heteroatoms. The molecule has 0 aliphatic rings. The molecule has 0 saturated carbocycles. The summed E-state index contributed by atoms with van der Waals surface area (Å²) < 4.78 is 0. The van der Waals surface area contributed by atoms with E-state index in [0.29, 0.717) is 22.9 Å². The molecule has 2 aromatic heterocycles. The number of pyridine rings is 1. The zero-order chi connectivity index (χ0) is 18.2. The lowest BCUT2D eigenvalue weighted by Gasteiger charge is -2.19. The van der Waals surface area contributed by atoms with Gasteiger partial charge in [0.05, 0.1) is 11.6 Å². The molecule has 0 fully saturated rings. The number of nitrogens with zero attached hydrogens (tertiary/aromatic N) is 3. The molecule has 0 aliphatic carbocycles. The fourth-order valence-corrected chi connectivity index (χ4v) is 2.93. The molecule has 1 unspecified atom stereocenters. The zero-order valence-corrected chi connectivity index (χ0v) is 14.8. The monoisotopic (exact) mass is 369 g/mol. The highest BCUT2D eigenvalue weighted by molar-refractivity contribution is 7.13. The van der Waals surface area contributed by atoms with Crippen molar-refractivity contribution in [2.24, 2.45) is 0 Å². The number of anilines is 2. The van der Waals surface area contributed by atoms with Crippen molar-refractivity contribution in [2.75, 3.05) is 17.2 Å². The maximum absolute atomic E-state index is 12.1. The Bertz CT molecular complexity index is 809. The van der Waals surface area contributed by atoms with E-state index in [1.54, 1.807) is 17.6 Å². The molecule has 0 saturated heterocycles. The van der Waals surface area contributed by atoms with Gasteiger partial charge >= 0.3 is 0 Å². The summed E-state index contributed by atoms with van der Waals surface area (Å²) in [5.41, 5.74) is 3.12. The van der Waals surface area contributed by atoms with Crippen LogP contribution in [0.3, 0.4) is 0 Å². The second-order valence-corrected chi connectivity index (χ2v) is 6.44. The van der Waals surface area contributed by atoms with Gasteiger partial charge in [0.25, 0.3) is 5.91 Å². The standard InChI is InChI=1S/C18H19N5O2S/c24-10-4-7-15(13-5-2-1-3-6-13)21-16-9-8-14(11-19-16)17(25)22-18-23-20-12-26-18/h1-3,5-6,8-9,11-12,15,24H,4,7,10H2,(H,19,21)(H,22,23,25). The van der Waals surface area contributed by atoms with Crippen LogP contribution in [0.2, 0.25) is 0 Å². The van der Waals surface area contributed by atoms with Crippen molar-refractivity contribution >= 4 is 28.2 Å². The molecular formula is C18H19N5O2S. The van der Waals surface area contributed by atoms with Gasteiger partial charge in [0, 0.05) is 12.8 Å². The van der Waals surface area contributed by atoms with E-state index in [4.69, 9.17) is 5.11 Å². The van der Waals surface area contributed by atoms with Crippen molar-refractivity contribution in [3.8, 4) is 0 Å². The third-order valence-electron chi connectivity index (χ3n) is 3.78. The molecular weight excluding hydrogens is 350 g/mol. The van der Waals surface area contributed by atoms with Crippen molar-refractivity contribution in [2.45, 2.75) is 18.9 Å². The number of rotatable bonds is 8. The average Bonchev–Trinajstić information content (AvgIpc) is 3.19. The highest BCUT2D eigenvalue weighted by Crippen LogP contribution is 2.23. The molecule has 0 radical (unpaired) electrons. The Labute approximate surface area is 155 Å². The summed E-state index contributed by atoms with van der Waals surface area (Å²) in [6.07, 6.45) is 2.99. The maximum atomic E-state index is 12.1. The number of aliphatic hydroxyl groups is 1. The van der Waals surface area contributed by atoms with Gasteiger partial charge in [0.15, 0.2) is 0 Å². The summed E-state index contributed by atoms with van der Waals surface area (Å²) in [4.78, 5) is 16.5. The summed E-state index contributed by atoms with van der Waals surface area (Å²) in [6, 6.07) is 13.5. The molecule has 3 rings (SSSR count). The van der Waals surface area contributed by atoms with Crippen molar-refractivity contribution in [3.63, 3.8) is 0 Å². The molecule has 0 bridgehead atoms. The van der Waals surface area contributed by atoms with Crippen LogP contribution < -0.4 is 10.6 Å². The van der Waals surface area contributed by atoms with Crippen LogP contribution in [-0.4, -0.2) is 32.8 Å². The van der Waals surface area contributed by atoms with Gasteiger partial charge in [0.2, 0.25) is 5.13 Å². The smallest absolute Gasteiger partial charge is 0.259 e. The number of carbonyl (C=O) groups excluding carboxylic acids is 1. The Kier molecular flexibility index (Phi) is 6.24. The van der Waals surface area contributed by atoms with Crippen LogP contribution in [0.25, 0.3) is 0 Å². The molecule has 2 heterocycles. The van der Waals surface area contributed by atoms with Gasteiger partial charge in [-0.1, -0.05) is 41.7 Å². The highest BCUT2D eigenvalue weighted by Gasteiger charge is 2.13. The van der Waals surface area contributed by atoms with Crippen molar-refractivity contribution in [1.29, 1.82) is 0 Å². The van der Waals surface area contributed by atoms with Gasteiger partial charge in [-0.3, -0.25) is 10.1 Å². The van der Waals surface area contributed by atoms with Crippen LogP contribution in [0.4, 0.5) is 10.9 Å². The van der Waals surface area contributed by atoms with Crippen LogP contribution in [0.5, 0.6) is 0 Å². The van der Waals surface area contributed by atoms with E-state index in [-0.39, 0.29) is 18.6 Å². The topological polar surface area (TPSA) is 100 Å². The Balaban J connectivity index is 1.67. The fourth-order valence-electron chi connectivity index (χ4n) is 2.49. The Morgan fingerprint density at radius 1 is 1.19 bits per heavy atom. The van der Waals surface area contributed by atoms with Crippen LogP contribution in [0.1, 0.15) is 34.8 Å². The quantitative estimate of drug-likeness (QED) is 0.564. The molecule has 7 nitrogen and oxygen atoms in total. The number of nitrogens with one attached hydrogen (secondary N) is 2. The third kappa shape index (κ3) is 4.84. The maximum Gasteiger partial charge on any atom is 0.259 e. The van der Waals surface area contributed by atoms with E-state index in [0.717, 1.165) is 12.0 Å². The second-order valence-electron chi connectivity index (χ2n) is 5.60. The zero-order valence-electron chi connectivity index (χ0n) is 14.0. The summed E-state index contributed by atoms with van der Waals surface area (Å²) >= 11 is 1.26. The molecule has 0 spiro atoms. The van der Waals surface area contributed by atoms with Crippen LogP contribution in [-0.2, 0) is 0 Å². The minimum absolute atomic E-state index is 0.0388. The summed E-state index contributed by atoms with van der Waals surface area (Å²) in [6.45, 7) is 0.142. The molecule has 1 amide bonds. The number of aliphatic hydroxyl groups excluding tert-OH is 1. The number of aromatic nitrogens is 3. The number of hydrogen-bond donors (Lipinski definition) is 3. The lowest BCUT2D eigenvalue weighted by atomic mass is 10.0. The van der Waals surface area contributed by atoms with Gasteiger partial charge in [-0.05, 0) is 30.5 Å². The van der Waals surface area contributed by atoms with Gasteiger partial charge in [-0.2, -0.15) is 0 Å². The van der Waals surface area contributed by atoms with Gasteiger partial charge in [-0.15, -0.1) is 10.2 Å². The molecule has 3 N–H and O–H groups in total. The average molecular weight is 369 g/mol. The van der Waals surface area contributed by atoms with E-state index >= 15 is 0 Å². The molecule has 3 aromatic rings. The molecule has 26 heavy (non-hydrogen) atoms. The third-order valence-corrected chi connectivity index (χ3v) is 4.39. The minimum atomic E-state index is -0.277. The van der Waals surface area contributed by atoms with Crippen LogP contribution >= 0.6 is 11.3 Å². The van der Waals surface area contributed by atoms with Crippen molar-refractivity contribution < 1.29 is 9.90 Å². The minimum Gasteiger partial charge on any atom is -0.396 e. The van der Waals surface area contributed by atoms with Crippen LogP contribution in [0, 0.1) is 0 Å². The summed E-state index contributed by atoms with van der Waals surface area (Å²) in [7, 11) is 0. The van der Waals surface area contributed by atoms with Gasteiger partial charge in [0.1, 0.15) is 11.3 Å². The molecule has 134 valence electrons. The van der Waals surface area contributed by atoms with Crippen molar-refractivity contribution in [1.82, 2.24) is 15.2 Å². The SMILES string of the molecule is O=C(Nc1nncs1)c1ccc(NC(CCCO)c2ccccc2)nc1. The van der Waals surface area contributed by atoms with E-state index in [1.807, 2.05) is 30.3 Å². The van der Waals surface area contributed by atoms with E-state index in [2.05, 4.69) is 25.8 Å². The first-order valence-corrected chi connectivity index (χ1v) is 9.10. The number of benzene rings is 1. The Morgan fingerprint density at radius 3 is 2.69 bits per heavy atom. The number of carbonyl (C=O) groups is 1.